The highest BCUT2D eigenvalue weighted by atomic mass is 127. The average molecular weight is 450 g/mol. The Labute approximate surface area is 126 Å². The van der Waals surface area contributed by atoms with Gasteiger partial charge in [0.1, 0.15) is 5.69 Å². The fraction of sp³-hybridized carbons (Fsp3) is 0. The van der Waals surface area contributed by atoms with Gasteiger partial charge >= 0.3 is 0 Å². The lowest BCUT2D eigenvalue weighted by molar-refractivity contribution is -0.435. The third kappa shape index (κ3) is 3.63. The van der Waals surface area contributed by atoms with Crippen molar-refractivity contribution in [1.29, 1.82) is 0 Å². The summed E-state index contributed by atoms with van der Waals surface area (Å²) in [4.78, 5) is 0.637. The van der Waals surface area contributed by atoms with Crippen molar-refractivity contribution >= 4 is 56.6 Å². The predicted octanol–water partition coefficient (Wildman–Crippen LogP) is 4.82. The van der Waals surface area contributed by atoms with Gasteiger partial charge in [0.05, 0.1) is 0 Å². The van der Waals surface area contributed by atoms with Crippen LogP contribution in [0.3, 0.4) is 0 Å². The number of halogens is 2. The number of hydrogen-bond donors (Lipinski definition) is 0. The van der Waals surface area contributed by atoms with E-state index in [9.17, 15) is 5.21 Å². The molecule has 0 N–H and O–H groups in total. The van der Waals surface area contributed by atoms with Crippen molar-refractivity contribution in [3.63, 3.8) is 0 Å². The minimum absolute atomic E-state index is 0.531. The molecule has 0 unspecified atom stereocenters. The topological polar surface area (TPSA) is 38.4 Å². The molecule has 0 spiro atoms. The maximum Gasteiger partial charge on any atom is 0.244 e. The normalized spacial score (nSPS) is 11.5. The van der Waals surface area contributed by atoms with Crippen LogP contribution < -0.4 is 0 Å². The second-order valence-electron chi connectivity index (χ2n) is 3.33. The number of benzene rings is 2. The summed E-state index contributed by atoms with van der Waals surface area (Å²) < 4.78 is 2.21. The molecule has 2 rings (SSSR count). The van der Waals surface area contributed by atoms with Crippen molar-refractivity contribution in [1.82, 2.24) is 0 Å². The highest BCUT2D eigenvalue weighted by Gasteiger charge is 2.03. The van der Waals surface area contributed by atoms with Gasteiger partial charge in [-0.25, -0.2) is 0 Å². The smallest absolute Gasteiger partial charge is 0.244 e. The zero-order valence-electron chi connectivity index (χ0n) is 8.68. The van der Waals surface area contributed by atoms with E-state index in [0.29, 0.717) is 16.2 Å². The molecule has 0 radical (unpaired) electrons. The second-order valence-corrected chi connectivity index (χ2v) is 5.82. The molecular formula is C12H8I2N2O. The van der Waals surface area contributed by atoms with Crippen molar-refractivity contribution < 1.29 is 4.86 Å². The monoisotopic (exact) mass is 450 g/mol. The van der Waals surface area contributed by atoms with Crippen molar-refractivity contribution in [2.45, 2.75) is 0 Å². The van der Waals surface area contributed by atoms with E-state index in [0.717, 1.165) is 7.14 Å². The molecule has 0 aliphatic carbocycles. The molecule has 0 aliphatic heterocycles. The number of nitrogens with zero attached hydrogens (tertiary/aromatic N) is 2. The molecule has 2 aromatic rings. The van der Waals surface area contributed by atoms with Gasteiger partial charge in [-0.2, -0.15) is 0 Å². The molecule has 0 saturated carbocycles. The van der Waals surface area contributed by atoms with Gasteiger partial charge in [-0.1, -0.05) is 4.86 Å². The maximum atomic E-state index is 11.8. The Morgan fingerprint density at radius 1 is 0.824 bits per heavy atom. The molecule has 0 bridgehead atoms. The summed E-state index contributed by atoms with van der Waals surface area (Å²) >= 11 is 4.41. The van der Waals surface area contributed by atoms with Gasteiger partial charge in [0.25, 0.3) is 0 Å². The predicted molar refractivity (Wildman–Crippen MR) is 83.7 cm³/mol. The largest absolute Gasteiger partial charge is 0.594 e. The zero-order chi connectivity index (χ0) is 12.3. The summed E-state index contributed by atoms with van der Waals surface area (Å²) in [6, 6.07) is 14.7. The highest BCUT2D eigenvalue weighted by Crippen LogP contribution is 2.19. The number of rotatable bonds is 2. The van der Waals surface area contributed by atoms with E-state index >= 15 is 0 Å². The van der Waals surface area contributed by atoms with Crippen molar-refractivity contribution in [2.24, 2.45) is 5.11 Å². The Kier molecular flexibility index (Phi) is 4.32. The van der Waals surface area contributed by atoms with Crippen LogP contribution in [0.5, 0.6) is 0 Å². The van der Waals surface area contributed by atoms with Crippen molar-refractivity contribution in [2.75, 3.05) is 0 Å². The third-order valence-electron chi connectivity index (χ3n) is 2.08. The molecule has 17 heavy (non-hydrogen) atoms. The van der Waals surface area contributed by atoms with Crippen LogP contribution in [0.2, 0.25) is 0 Å². The Hall–Kier alpha value is -0.700. The van der Waals surface area contributed by atoms with Gasteiger partial charge < -0.3 is 5.21 Å². The van der Waals surface area contributed by atoms with E-state index in [1.54, 1.807) is 12.1 Å². The van der Waals surface area contributed by atoms with Crippen LogP contribution in [0, 0.1) is 12.3 Å². The molecule has 5 heteroatoms. The molecule has 3 nitrogen and oxygen atoms in total. The van der Waals surface area contributed by atoms with Gasteiger partial charge in [-0.3, -0.25) is 0 Å². The number of hydrogen-bond acceptors (Lipinski definition) is 2. The van der Waals surface area contributed by atoms with Gasteiger partial charge in [0, 0.05) is 24.4 Å². The standard InChI is InChI=1S/C12H8I2N2O/c13-9-1-5-11(6-2-9)15-16(17)12-7-3-10(14)4-8-12/h1-8H. The molecule has 0 heterocycles. The zero-order valence-corrected chi connectivity index (χ0v) is 13.0. The molecule has 86 valence electrons. The summed E-state index contributed by atoms with van der Waals surface area (Å²) in [5, 5.41) is 15.7. The van der Waals surface area contributed by atoms with Gasteiger partial charge in [0.15, 0.2) is 0 Å². The van der Waals surface area contributed by atoms with Crippen LogP contribution in [0.4, 0.5) is 11.4 Å². The van der Waals surface area contributed by atoms with Crippen molar-refractivity contribution in [3.05, 3.63) is 60.9 Å². The number of azo groups is 1. The summed E-state index contributed by atoms with van der Waals surface area (Å²) in [5.41, 5.74) is 1.18. The Morgan fingerprint density at radius 2 is 1.29 bits per heavy atom. The maximum absolute atomic E-state index is 11.8. The lowest BCUT2D eigenvalue weighted by atomic mass is 10.3. The molecule has 0 saturated heterocycles. The van der Waals surface area contributed by atoms with Crippen LogP contribution in [0.25, 0.3) is 0 Å². The Balaban J connectivity index is 2.27. The average Bonchev–Trinajstić information content (AvgIpc) is 2.33. The van der Waals surface area contributed by atoms with Gasteiger partial charge in [-0.15, -0.1) is 0 Å². The lowest BCUT2D eigenvalue weighted by Gasteiger charge is -1.99. The van der Waals surface area contributed by atoms with Crippen molar-refractivity contribution in [3.8, 4) is 0 Å². The first-order valence-electron chi connectivity index (χ1n) is 4.85. The molecule has 2 aromatic carbocycles. The van der Waals surface area contributed by atoms with Crippen LogP contribution in [-0.2, 0) is 0 Å². The quantitative estimate of drug-likeness (QED) is 0.280. The molecule has 0 aromatic heterocycles. The van der Waals surface area contributed by atoms with E-state index in [1.165, 1.54) is 0 Å². The molecule has 0 aliphatic rings. The highest BCUT2D eigenvalue weighted by molar-refractivity contribution is 14.1. The fourth-order valence-corrected chi connectivity index (χ4v) is 1.96. The summed E-state index contributed by atoms with van der Waals surface area (Å²) in [7, 11) is 0. The van der Waals surface area contributed by atoms with Gasteiger partial charge in [-0.05, 0) is 81.6 Å². The van der Waals surface area contributed by atoms with E-state index in [2.05, 4.69) is 50.3 Å². The molecule has 0 fully saturated rings. The fourth-order valence-electron chi connectivity index (χ4n) is 1.24. The lowest BCUT2D eigenvalue weighted by Crippen LogP contribution is -1.90. The summed E-state index contributed by atoms with van der Waals surface area (Å²) in [5.74, 6) is 0. The van der Waals surface area contributed by atoms with E-state index in [1.807, 2.05) is 36.4 Å². The summed E-state index contributed by atoms with van der Waals surface area (Å²) in [6.45, 7) is 0. The second kappa shape index (κ2) is 5.76. The Morgan fingerprint density at radius 3 is 1.82 bits per heavy atom. The van der Waals surface area contributed by atoms with Crippen LogP contribution in [0.15, 0.2) is 53.6 Å². The summed E-state index contributed by atoms with van der Waals surface area (Å²) in [6.07, 6.45) is 0. The third-order valence-corrected chi connectivity index (χ3v) is 3.52. The Bertz CT molecular complexity index is 535. The minimum Gasteiger partial charge on any atom is -0.594 e. The van der Waals surface area contributed by atoms with Crippen LogP contribution in [0.1, 0.15) is 0 Å². The SMILES string of the molecule is [O-][N+](=Nc1ccc(I)cc1)c1ccc(I)cc1. The van der Waals surface area contributed by atoms with Crippen LogP contribution >= 0.6 is 45.2 Å². The van der Waals surface area contributed by atoms with E-state index in [4.69, 9.17) is 0 Å². The molecule has 0 amide bonds. The minimum atomic E-state index is 0.531. The first-order valence-corrected chi connectivity index (χ1v) is 7.01. The molecule has 0 atom stereocenters. The first kappa shape index (κ1) is 12.7. The van der Waals surface area contributed by atoms with Gasteiger partial charge in [0.2, 0.25) is 5.69 Å². The van der Waals surface area contributed by atoms with E-state index < -0.39 is 0 Å². The molecular weight excluding hydrogens is 442 g/mol. The van der Waals surface area contributed by atoms with Crippen LogP contribution in [-0.4, -0.2) is 4.86 Å². The van der Waals surface area contributed by atoms with E-state index in [-0.39, 0.29) is 0 Å². The first-order chi connectivity index (χ1) is 8.15.